The highest BCUT2D eigenvalue weighted by Gasteiger charge is 2.44. The third-order valence-corrected chi connectivity index (χ3v) is 3.89. The Morgan fingerprint density at radius 2 is 2.11 bits per heavy atom. The number of carbonyl (C=O) groups excluding carboxylic acids is 1. The quantitative estimate of drug-likeness (QED) is 0.774. The van der Waals surface area contributed by atoms with E-state index in [4.69, 9.17) is 5.73 Å². The van der Waals surface area contributed by atoms with E-state index in [1.807, 2.05) is 6.92 Å². The van der Waals surface area contributed by atoms with E-state index in [1.165, 1.54) is 4.90 Å². The average molecular weight is 256 g/mol. The van der Waals surface area contributed by atoms with Crippen molar-refractivity contribution in [1.29, 1.82) is 0 Å². The fourth-order valence-electron chi connectivity index (χ4n) is 2.61. The molecule has 0 aromatic rings. The summed E-state index contributed by atoms with van der Waals surface area (Å²) in [6.45, 7) is 4.47. The predicted octanol–water partition coefficient (Wildman–Crippen LogP) is 1.22. The molecule has 0 saturated carbocycles. The number of hydrogen-bond donors (Lipinski definition) is 2. The molecule has 1 amide bonds. The second-order valence-electron chi connectivity index (χ2n) is 5.25. The van der Waals surface area contributed by atoms with Crippen molar-refractivity contribution < 1.29 is 14.7 Å². The van der Waals surface area contributed by atoms with Crippen LogP contribution in [0.3, 0.4) is 0 Å². The molecule has 5 nitrogen and oxygen atoms in total. The van der Waals surface area contributed by atoms with Gasteiger partial charge in [-0.25, -0.2) is 4.79 Å². The van der Waals surface area contributed by atoms with Crippen LogP contribution >= 0.6 is 0 Å². The summed E-state index contributed by atoms with van der Waals surface area (Å²) in [6.07, 6.45) is 3.86. The van der Waals surface area contributed by atoms with Crippen molar-refractivity contribution in [3.05, 3.63) is 0 Å². The lowest BCUT2D eigenvalue weighted by Gasteiger charge is -2.43. The standard InChI is InChI=1S/C13H24N2O3/c1-3-6-10(9-14)11(16)15-8-5-4-7-13(15,2)12(17)18/h10H,3-9,14H2,1-2H3,(H,17,18). The summed E-state index contributed by atoms with van der Waals surface area (Å²) in [6, 6.07) is 0. The Bertz CT molecular complexity index is 319. The Hall–Kier alpha value is -1.10. The molecule has 0 aliphatic carbocycles. The van der Waals surface area contributed by atoms with Crippen LogP contribution in [0, 0.1) is 5.92 Å². The number of amides is 1. The Kier molecular flexibility index (Phi) is 5.14. The number of nitrogens with zero attached hydrogens (tertiary/aromatic N) is 1. The van der Waals surface area contributed by atoms with Crippen LogP contribution in [0.5, 0.6) is 0 Å². The van der Waals surface area contributed by atoms with Crippen LogP contribution in [-0.4, -0.2) is 40.5 Å². The lowest BCUT2D eigenvalue weighted by molar-refractivity contribution is -0.162. The van der Waals surface area contributed by atoms with Crippen molar-refractivity contribution in [2.24, 2.45) is 11.7 Å². The van der Waals surface area contributed by atoms with Crippen molar-refractivity contribution in [2.45, 2.75) is 51.5 Å². The van der Waals surface area contributed by atoms with Gasteiger partial charge in [-0.3, -0.25) is 4.79 Å². The highest BCUT2D eigenvalue weighted by atomic mass is 16.4. The van der Waals surface area contributed by atoms with E-state index in [2.05, 4.69) is 0 Å². The maximum Gasteiger partial charge on any atom is 0.329 e. The van der Waals surface area contributed by atoms with Gasteiger partial charge in [-0.2, -0.15) is 0 Å². The zero-order chi connectivity index (χ0) is 13.8. The van der Waals surface area contributed by atoms with Crippen LogP contribution < -0.4 is 5.73 Å². The van der Waals surface area contributed by atoms with Crippen LogP contribution in [0.15, 0.2) is 0 Å². The molecule has 5 heteroatoms. The molecule has 0 spiro atoms. The molecule has 1 heterocycles. The van der Waals surface area contributed by atoms with Crippen LogP contribution in [0.1, 0.15) is 46.0 Å². The molecule has 2 atom stereocenters. The minimum atomic E-state index is -1.06. The lowest BCUT2D eigenvalue weighted by atomic mass is 9.86. The summed E-state index contributed by atoms with van der Waals surface area (Å²) in [5, 5.41) is 9.38. The van der Waals surface area contributed by atoms with Crippen molar-refractivity contribution in [1.82, 2.24) is 4.90 Å². The van der Waals surface area contributed by atoms with E-state index in [0.29, 0.717) is 19.5 Å². The summed E-state index contributed by atoms with van der Waals surface area (Å²) in [5.41, 5.74) is 4.58. The first-order valence-electron chi connectivity index (χ1n) is 6.72. The second-order valence-corrected chi connectivity index (χ2v) is 5.25. The molecule has 0 aromatic heterocycles. The van der Waals surface area contributed by atoms with Crippen molar-refractivity contribution in [3.8, 4) is 0 Å². The summed E-state index contributed by atoms with van der Waals surface area (Å²) in [4.78, 5) is 25.4. The molecule has 1 saturated heterocycles. The van der Waals surface area contributed by atoms with E-state index >= 15 is 0 Å². The van der Waals surface area contributed by atoms with Crippen LogP contribution in [0.25, 0.3) is 0 Å². The van der Waals surface area contributed by atoms with E-state index in [-0.39, 0.29) is 11.8 Å². The number of hydrogen-bond acceptors (Lipinski definition) is 3. The van der Waals surface area contributed by atoms with Gasteiger partial charge in [0.05, 0.1) is 5.92 Å². The van der Waals surface area contributed by atoms with Crippen LogP contribution in [0.4, 0.5) is 0 Å². The van der Waals surface area contributed by atoms with E-state index < -0.39 is 11.5 Å². The SMILES string of the molecule is CCCC(CN)C(=O)N1CCCCC1(C)C(=O)O. The number of carbonyl (C=O) groups is 2. The van der Waals surface area contributed by atoms with Gasteiger partial charge in [0, 0.05) is 13.1 Å². The molecular formula is C13H24N2O3. The first kappa shape index (κ1) is 15.0. The number of piperidine rings is 1. The number of carboxylic acid groups (broad SMARTS) is 1. The normalized spacial score (nSPS) is 25.8. The van der Waals surface area contributed by atoms with Gasteiger partial charge in [-0.05, 0) is 32.6 Å². The monoisotopic (exact) mass is 256 g/mol. The van der Waals surface area contributed by atoms with Crippen molar-refractivity contribution >= 4 is 11.9 Å². The first-order chi connectivity index (χ1) is 8.47. The van der Waals surface area contributed by atoms with Gasteiger partial charge in [0.1, 0.15) is 5.54 Å². The molecule has 2 unspecified atom stereocenters. The fraction of sp³-hybridized carbons (Fsp3) is 0.846. The molecule has 1 aliphatic rings. The summed E-state index contributed by atoms with van der Waals surface area (Å²) < 4.78 is 0. The van der Waals surface area contributed by atoms with Gasteiger partial charge >= 0.3 is 5.97 Å². The first-order valence-corrected chi connectivity index (χ1v) is 6.72. The summed E-state index contributed by atoms with van der Waals surface area (Å²) >= 11 is 0. The van der Waals surface area contributed by atoms with Gasteiger partial charge in [-0.15, -0.1) is 0 Å². The van der Waals surface area contributed by atoms with Crippen LogP contribution in [-0.2, 0) is 9.59 Å². The molecule has 0 radical (unpaired) electrons. The fourth-order valence-corrected chi connectivity index (χ4v) is 2.61. The predicted molar refractivity (Wildman–Crippen MR) is 69.1 cm³/mol. The molecule has 1 rings (SSSR count). The van der Waals surface area contributed by atoms with Gasteiger partial charge in [0.2, 0.25) is 5.91 Å². The molecule has 1 aliphatic heterocycles. The number of nitrogens with two attached hydrogens (primary N) is 1. The third-order valence-electron chi connectivity index (χ3n) is 3.89. The minimum Gasteiger partial charge on any atom is -0.480 e. The number of aliphatic carboxylic acids is 1. The lowest BCUT2D eigenvalue weighted by Crippen LogP contribution is -2.59. The highest BCUT2D eigenvalue weighted by molar-refractivity contribution is 5.88. The van der Waals surface area contributed by atoms with E-state index in [0.717, 1.165) is 25.7 Å². The maximum atomic E-state index is 12.4. The van der Waals surface area contributed by atoms with E-state index in [9.17, 15) is 14.7 Å². The number of rotatable bonds is 5. The third kappa shape index (κ3) is 2.83. The molecule has 0 aromatic carbocycles. The van der Waals surface area contributed by atoms with Gasteiger partial charge in [0.15, 0.2) is 0 Å². The Labute approximate surface area is 108 Å². The van der Waals surface area contributed by atoms with Crippen LogP contribution in [0.2, 0.25) is 0 Å². The second kappa shape index (κ2) is 6.18. The largest absolute Gasteiger partial charge is 0.480 e. The molecular weight excluding hydrogens is 232 g/mol. The Morgan fingerprint density at radius 1 is 1.44 bits per heavy atom. The minimum absolute atomic E-state index is 0.0936. The Morgan fingerprint density at radius 3 is 2.61 bits per heavy atom. The summed E-state index contributed by atoms with van der Waals surface area (Å²) in [7, 11) is 0. The molecule has 18 heavy (non-hydrogen) atoms. The molecule has 3 N–H and O–H groups in total. The number of likely N-dealkylation sites (tertiary alicyclic amines) is 1. The highest BCUT2D eigenvalue weighted by Crippen LogP contribution is 2.30. The van der Waals surface area contributed by atoms with Crippen molar-refractivity contribution in [2.75, 3.05) is 13.1 Å². The molecule has 0 bridgehead atoms. The summed E-state index contributed by atoms with van der Waals surface area (Å²) in [5.74, 6) is -1.25. The molecule has 1 fully saturated rings. The van der Waals surface area contributed by atoms with Gasteiger partial charge < -0.3 is 15.7 Å². The smallest absolute Gasteiger partial charge is 0.329 e. The zero-order valence-electron chi connectivity index (χ0n) is 11.3. The van der Waals surface area contributed by atoms with E-state index in [1.54, 1.807) is 6.92 Å². The van der Waals surface area contributed by atoms with Crippen molar-refractivity contribution in [3.63, 3.8) is 0 Å². The zero-order valence-corrected chi connectivity index (χ0v) is 11.3. The maximum absolute atomic E-state index is 12.4. The Balaban J connectivity index is 2.89. The number of carboxylic acids is 1. The molecule has 104 valence electrons. The van der Waals surface area contributed by atoms with Gasteiger partial charge in [0.25, 0.3) is 0 Å². The topological polar surface area (TPSA) is 83.6 Å². The van der Waals surface area contributed by atoms with Gasteiger partial charge in [-0.1, -0.05) is 13.3 Å². The average Bonchev–Trinajstić information content (AvgIpc) is 2.35.